The highest BCUT2D eigenvalue weighted by atomic mass is 16.5. The number of methoxy groups -OCH3 is 1. The molecule has 0 heterocycles. The third-order valence-corrected chi connectivity index (χ3v) is 4.10. The molecule has 0 saturated carbocycles. The van der Waals surface area contributed by atoms with Crippen LogP contribution >= 0.6 is 0 Å². The normalized spacial score (nSPS) is 12.5. The van der Waals surface area contributed by atoms with Gasteiger partial charge < -0.3 is 4.74 Å². The van der Waals surface area contributed by atoms with E-state index in [0.717, 1.165) is 32.5 Å². The van der Waals surface area contributed by atoms with E-state index in [2.05, 4.69) is 55.7 Å². The van der Waals surface area contributed by atoms with Crippen LogP contribution in [-0.4, -0.2) is 37.7 Å². The first-order valence-electron chi connectivity index (χ1n) is 8.61. The Morgan fingerprint density at radius 2 is 1.91 bits per heavy atom. The highest BCUT2D eigenvalue weighted by Crippen LogP contribution is 2.18. The van der Waals surface area contributed by atoms with Crippen LogP contribution < -0.4 is 0 Å². The Bertz CT molecular complexity index is 401. The lowest BCUT2D eigenvalue weighted by Gasteiger charge is -2.32. The summed E-state index contributed by atoms with van der Waals surface area (Å²) in [6.45, 7) is 11.8. The quantitative estimate of drug-likeness (QED) is 0.410. The summed E-state index contributed by atoms with van der Waals surface area (Å²) in [6, 6.07) is 11.3. The minimum absolute atomic E-state index is 0.500. The fraction of sp³-hybridized carbons (Fsp3) is 0.600. The second-order valence-electron chi connectivity index (χ2n) is 6.12. The summed E-state index contributed by atoms with van der Waals surface area (Å²) in [5, 5.41) is 0. The van der Waals surface area contributed by atoms with Crippen molar-refractivity contribution in [2.24, 2.45) is 0 Å². The maximum absolute atomic E-state index is 5.20. The zero-order valence-electron chi connectivity index (χ0n) is 14.7. The van der Waals surface area contributed by atoms with Crippen molar-refractivity contribution < 1.29 is 4.74 Å². The minimum Gasteiger partial charge on any atom is -0.385 e. The first-order chi connectivity index (χ1) is 10.7. The molecule has 2 heteroatoms. The number of aryl methyl sites for hydroxylation is 1. The van der Waals surface area contributed by atoms with Gasteiger partial charge in [0.15, 0.2) is 0 Å². The molecule has 124 valence electrons. The highest BCUT2D eigenvalue weighted by Gasteiger charge is 2.17. The third-order valence-electron chi connectivity index (χ3n) is 4.10. The van der Waals surface area contributed by atoms with Crippen molar-refractivity contribution in [1.82, 2.24) is 4.90 Å². The molecule has 0 bridgehead atoms. The molecule has 0 aliphatic heterocycles. The number of hydrogen-bond donors (Lipinski definition) is 0. The maximum Gasteiger partial charge on any atom is 0.0474 e. The van der Waals surface area contributed by atoms with Crippen LogP contribution in [0.4, 0.5) is 0 Å². The summed E-state index contributed by atoms with van der Waals surface area (Å²) < 4.78 is 5.20. The van der Waals surface area contributed by atoms with Crippen molar-refractivity contribution in [1.29, 1.82) is 0 Å². The third kappa shape index (κ3) is 7.24. The maximum atomic E-state index is 5.20. The number of benzene rings is 1. The van der Waals surface area contributed by atoms with Crippen LogP contribution in [0.15, 0.2) is 42.5 Å². The molecule has 1 aromatic rings. The summed E-state index contributed by atoms with van der Waals surface area (Å²) in [5.74, 6) is 0. The molecule has 0 aliphatic carbocycles. The molecule has 0 saturated heterocycles. The lowest BCUT2D eigenvalue weighted by Crippen LogP contribution is -2.38. The summed E-state index contributed by atoms with van der Waals surface area (Å²) in [6.07, 6.45) is 5.85. The average Bonchev–Trinajstić information content (AvgIpc) is 2.52. The summed E-state index contributed by atoms with van der Waals surface area (Å²) in [7, 11) is 1.78. The second-order valence-corrected chi connectivity index (χ2v) is 6.12. The van der Waals surface area contributed by atoms with Gasteiger partial charge in [0.1, 0.15) is 0 Å². The van der Waals surface area contributed by atoms with Gasteiger partial charge in [0.25, 0.3) is 0 Å². The van der Waals surface area contributed by atoms with Gasteiger partial charge in [-0.25, -0.2) is 0 Å². The van der Waals surface area contributed by atoms with Gasteiger partial charge >= 0.3 is 0 Å². The SMILES string of the molecule is C=C(C)C(CCCc1ccccc1)N(CCC)CCCOC. The van der Waals surface area contributed by atoms with Crippen LogP contribution in [-0.2, 0) is 11.2 Å². The molecule has 1 rings (SSSR count). The molecule has 0 aliphatic rings. The van der Waals surface area contributed by atoms with E-state index < -0.39 is 0 Å². The molecule has 22 heavy (non-hydrogen) atoms. The lowest BCUT2D eigenvalue weighted by atomic mass is 9.99. The van der Waals surface area contributed by atoms with E-state index in [1.54, 1.807) is 7.11 Å². The van der Waals surface area contributed by atoms with E-state index in [4.69, 9.17) is 4.74 Å². The molecule has 0 radical (unpaired) electrons. The molecular weight excluding hydrogens is 270 g/mol. The van der Waals surface area contributed by atoms with Crippen LogP contribution in [0.2, 0.25) is 0 Å². The van der Waals surface area contributed by atoms with Crippen molar-refractivity contribution in [3.63, 3.8) is 0 Å². The topological polar surface area (TPSA) is 12.5 Å². The van der Waals surface area contributed by atoms with Crippen LogP contribution in [0, 0.1) is 0 Å². The van der Waals surface area contributed by atoms with E-state index in [9.17, 15) is 0 Å². The van der Waals surface area contributed by atoms with Gasteiger partial charge in [-0.05, 0) is 51.1 Å². The molecule has 0 spiro atoms. The Morgan fingerprint density at radius 3 is 2.50 bits per heavy atom. The van der Waals surface area contributed by atoms with E-state index in [1.807, 2.05) is 0 Å². The number of nitrogens with zero attached hydrogens (tertiary/aromatic N) is 1. The molecule has 0 amide bonds. The molecule has 2 nitrogen and oxygen atoms in total. The molecule has 1 atom stereocenters. The van der Waals surface area contributed by atoms with Crippen molar-refractivity contribution in [3.8, 4) is 0 Å². The Balaban J connectivity index is 2.51. The van der Waals surface area contributed by atoms with Gasteiger partial charge in [-0.1, -0.05) is 49.4 Å². The minimum atomic E-state index is 0.500. The predicted octanol–water partition coefficient (Wildman–Crippen LogP) is 4.70. The number of ether oxygens (including phenoxy) is 1. The van der Waals surface area contributed by atoms with Crippen molar-refractivity contribution in [2.45, 2.75) is 52.0 Å². The fourth-order valence-corrected chi connectivity index (χ4v) is 3.01. The fourth-order valence-electron chi connectivity index (χ4n) is 3.01. The zero-order chi connectivity index (χ0) is 16.2. The highest BCUT2D eigenvalue weighted by molar-refractivity contribution is 5.14. The first-order valence-corrected chi connectivity index (χ1v) is 8.61. The largest absolute Gasteiger partial charge is 0.385 e. The van der Waals surface area contributed by atoms with Gasteiger partial charge in [0.05, 0.1) is 0 Å². The molecule has 1 aromatic carbocycles. The first kappa shape index (κ1) is 18.9. The standard InChI is InChI=1S/C20H33NO/c1-5-15-21(16-10-17-22-4)20(18(2)3)14-9-13-19-11-7-6-8-12-19/h6-8,11-12,20H,2,5,9-10,13-17H2,1,3-4H3. The predicted molar refractivity (Wildman–Crippen MR) is 96.3 cm³/mol. The smallest absolute Gasteiger partial charge is 0.0474 e. The van der Waals surface area contributed by atoms with Gasteiger partial charge in [-0.2, -0.15) is 0 Å². The number of hydrogen-bond acceptors (Lipinski definition) is 2. The Labute approximate surface area is 137 Å². The Hall–Kier alpha value is -1.12. The van der Waals surface area contributed by atoms with Crippen molar-refractivity contribution in [3.05, 3.63) is 48.0 Å². The van der Waals surface area contributed by atoms with E-state index in [1.165, 1.54) is 30.4 Å². The van der Waals surface area contributed by atoms with Gasteiger partial charge in [-0.15, -0.1) is 0 Å². The van der Waals surface area contributed by atoms with Crippen LogP contribution in [0.25, 0.3) is 0 Å². The molecule has 0 fully saturated rings. The van der Waals surface area contributed by atoms with Gasteiger partial charge in [0.2, 0.25) is 0 Å². The molecular formula is C20H33NO. The Kier molecular flexibility index (Phi) is 9.85. The van der Waals surface area contributed by atoms with E-state index in [-0.39, 0.29) is 0 Å². The monoisotopic (exact) mass is 303 g/mol. The van der Waals surface area contributed by atoms with Crippen molar-refractivity contribution in [2.75, 3.05) is 26.8 Å². The average molecular weight is 303 g/mol. The zero-order valence-corrected chi connectivity index (χ0v) is 14.7. The molecule has 1 unspecified atom stereocenters. The van der Waals surface area contributed by atoms with Crippen LogP contribution in [0.3, 0.4) is 0 Å². The van der Waals surface area contributed by atoms with Crippen molar-refractivity contribution >= 4 is 0 Å². The summed E-state index contributed by atoms with van der Waals surface area (Å²) >= 11 is 0. The van der Waals surface area contributed by atoms with Crippen LogP contribution in [0.1, 0.15) is 45.1 Å². The second kappa shape index (κ2) is 11.4. The summed E-state index contributed by atoms with van der Waals surface area (Å²) in [5.41, 5.74) is 2.73. The summed E-state index contributed by atoms with van der Waals surface area (Å²) in [4.78, 5) is 2.59. The molecule has 0 aromatic heterocycles. The molecule has 0 N–H and O–H groups in total. The van der Waals surface area contributed by atoms with Crippen LogP contribution in [0.5, 0.6) is 0 Å². The van der Waals surface area contributed by atoms with Gasteiger partial charge in [0, 0.05) is 26.3 Å². The van der Waals surface area contributed by atoms with E-state index in [0.29, 0.717) is 6.04 Å². The lowest BCUT2D eigenvalue weighted by molar-refractivity contribution is 0.154. The number of rotatable bonds is 12. The van der Waals surface area contributed by atoms with Gasteiger partial charge in [-0.3, -0.25) is 4.90 Å². The van der Waals surface area contributed by atoms with E-state index >= 15 is 0 Å². The Morgan fingerprint density at radius 1 is 1.18 bits per heavy atom.